The molecule has 0 aromatic carbocycles. The molecular weight excluding hydrogens is 290 g/mol. The summed E-state index contributed by atoms with van der Waals surface area (Å²) in [6, 6.07) is 1.94. The molecule has 0 radical (unpaired) electrons. The third-order valence-electron chi connectivity index (χ3n) is 3.70. The summed E-state index contributed by atoms with van der Waals surface area (Å²) in [5, 5.41) is 3.56. The number of rotatable bonds is 5. The van der Waals surface area contributed by atoms with Crippen molar-refractivity contribution < 1.29 is 9.53 Å². The van der Waals surface area contributed by atoms with Crippen LogP contribution in [0.5, 0.6) is 0 Å². The number of anilines is 1. The molecule has 1 N–H and O–H groups in total. The van der Waals surface area contributed by atoms with E-state index in [4.69, 9.17) is 16.3 Å². The number of nitrogens with zero attached hydrogens (tertiary/aromatic N) is 2. The molecule has 1 saturated heterocycles. The average Bonchev–Trinajstić information content (AvgIpc) is 2.53. The van der Waals surface area contributed by atoms with Gasteiger partial charge in [0.25, 0.3) is 5.91 Å². The fraction of sp³-hybridized carbons (Fsp3) is 0.600. The smallest absolute Gasteiger partial charge is 0.255 e. The van der Waals surface area contributed by atoms with E-state index in [1.807, 2.05) is 7.05 Å². The maximum absolute atomic E-state index is 12.6. The van der Waals surface area contributed by atoms with Gasteiger partial charge in [0.1, 0.15) is 5.82 Å². The van der Waals surface area contributed by atoms with E-state index in [-0.39, 0.29) is 11.9 Å². The van der Waals surface area contributed by atoms with E-state index >= 15 is 0 Å². The number of ether oxygens (including phenoxy) is 1. The maximum atomic E-state index is 12.6. The van der Waals surface area contributed by atoms with Gasteiger partial charge >= 0.3 is 0 Å². The van der Waals surface area contributed by atoms with Crippen LogP contribution in [0, 0.1) is 0 Å². The second-order valence-electron chi connectivity index (χ2n) is 5.24. The molecule has 0 unspecified atom stereocenters. The zero-order valence-electron chi connectivity index (χ0n) is 12.6. The molecule has 116 valence electrons. The topological polar surface area (TPSA) is 54.5 Å². The van der Waals surface area contributed by atoms with E-state index in [1.54, 1.807) is 11.0 Å². The first-order valence-corrected chi connectivity index (χ1v) is 7.75. The normalized spacial score (nSPS) is 15.8. The molecule has 1 aromatic rings. The Morgan fingerprint density at radius 3 is 2.90 bits per heavy atom. The molecule has 1 aliphatic heterocycles. The molecule has 1 aliphatic rings. The lowest BCUT2D eigenvalue weighted by Gasteiger charge is -2.31. The molecule has 0 atom stereocenters. The van der Waals surface area contributed by atoms with E-state index in [1.165, 1.54) is 6.20 Å². The van der Waals surface area contributed by atoms with E-state index in [0.717, 1.165) is 25.8 Å². The van der Waals surface area contributed by atoms with Crippen molar-refractivity contribution in [1.29, 1.82) is 0 Å². The van der Waals surface area contributed by atoms with Crippen LogP contribution in [0.2, 0.25) is 5.02 Å². The number of pyridine rings is 1. The highest BCUT2D eigenvalue weighted by Gasteiger charge is 2.25. The molecule has 1 aromatic heterocycles. The number of hydrogen-bond donors (Lipinski definition) is 1. The summed E-state index contributed by atoms with van der Waals surface area (Å²) < 4.78 is 5.34. The van der Waals surface area contributed by atoms with E-state index in [9.17, 15) is 4.79 Å². The van der Waals surface area contributed by atoms with Crippen molar-refractivity contribution in [2.45, 2.75) is 32.2 Å². The van der Waals surface area contributed by atoms with Gasteiger partial charge < -0.3 is 15.0 Å². The Labute approximate surface area is 130 Å². The standard InChI is InChI=1S/C15H22ClN3O2/c1-3-6-17-14-9-12(13(16)10-18-14)15(20)19(2)11-4-7-21-8-5-11/h9-11H,3-8H2,1-2H3,(H,17,18). The monoisotopic (exact) mass is 311 g/mol. The fourth-order valence-electron chi connectivity index (χ4n) is 2.38. The third-order valence-corrected chi connectivity index (χ3v) is 4.00. The first-order chi connectivity index (χ1) is 10.1. The number of carbonyl (C=O) groups is 1. The Hall–Kier alpha value is -1.33. The van der Waals surface area contributed by atoms with Gasteiger partial charge in [-0.3, -0.25) is 4.79 Å². The summed E-state index contributed by atoms with van der Waals surface area (Å²) in [7, 11) is 1.83. The third kappa shape index (κ3) is 4.08. The van der Waals surface area contributed by atoms with Crippen molar-refractivity contribution >= 4 is 23.3 Å². The largest absolute Gasteiger partial charge is 0.381 e. The van der Waals surface area contributed by atoms with Crippen molar-refractivity contribution in [2.24, 2.45) is 0 Å². The van der Waals surface area contributed by atoms with Crippen LogP contribution in [-0.2, 0) is 4.74 Å². The quantitative estimate of drug-likeness (QED) is 0.908. The van der Waals surface area contributed by atoms with Gasteiger partial charge in [0.2, 0.25) is 0 Å². The molecule has 6 heteroatoms. The van der Waals surface area contributed by atoms with Gasteiger partial charge in [0.05, 0.1) is 10.6 Å². The van der Waals surface area contributed by atoms with Gasteiger partial charge in [0.15, 0.2) is 0 Å². The van der Waals surface area contributed by atoms with Gasteiger partial charge in [0, 0.05) is 39.0 Å². The Balaban J connectivity index is 2.13. The van der Waals surface area contributed by atoms with Gasteiger partial charge in [-0.2, -0.15) is 0 Å². The molecule has 2 heterocycles. The van der Waals surface area contributed by atoms with E-state index in [2.05, 4.69) is 17.2 Å². The molecule has 0 aliphatic carbocycles. The molecule has 0 bridgehead atoms. The average molecular weight is 312 g/mol. The molecule has 21 heavy (non-hydrogen) atoms. The zero-order valence-corrected chi connectivity index (χ0v) is 13.3. The van der Waals surface area contributed by atoms with Crippen LogP contribution in [0.3, 0.4) is 0 Å². The number of carbonyl (C=O) groups excluding carboxylic acids is 1. The fourth-order valence-corrected chi connectivity index (χ4v) is 2.56. The van der Waals surface area contributed by atoms with Gasteiger partial charge in [-0.05, 0) is 25.3 Å². The molecule has 2 rings (SSSR count). The minimum atomic E-state index is -0.0613. The molecule has 5 nitrogen and oxygen atoms in total. The van der Waals surface area contributed by atoms with Crippen LogP contribution in [0.25, 0.3) is 0 Å². The summed E-state index contributed by atoms with van der Waals surface area (Å²) in [6.45, 7) is 4.30. The number of aromatic nitrogens is 1. The lowest BCUT2D eigenvalue weighted by molar-refractivity contribution is 0.0362. The predicted octanol–water partition coefficient (Wildman–Crippen LogP) is 2.81. The molecular formula is C15H22ClN3O2. The Bertz CT molecular complexity index is 490. The first-order valence-electron chi connectivity index (χ1n) is 7.37. The summed E-state index contributed by atoms with van der Waals surface area (Å²) in [4.78, 5) is 18.6. The Morgan fingerprint density at radius 2 is 2.24 bits per heavy atom. The van der Waals surface area contributed by atoms with Crippen LogP contribution in [0.1, 0.15) is 36.5 Å². The molecule has 1 fully saturated rings. The minimum absolute atomic E-state index is 0.0613. The van der Waals surface area contributed by atoms with Gasteiger partial charge in [-0.25, -0.2) is 4.98 Å². The summed E-state index contributed by atoms with van der Waals surface area (Å²) in [6.07, 6.45) is 4.26. The number of amides is 1. The first kappa shape index (κ1) is 16.0. The van der Waals surface area contributed by atoms with Gasteiger partial charge in [-0.15, -0.1) is 0 Å². The maximum Gasteiger partial charge on any atom is 0.255 e. The van der Waals surface area contributed by atoms with Crippen LogP contribution in [0.4, 0.5) is 5.82 Å². The lowest BCUT2D eigenvalue weighted by atomic mass is 10.1. The summed E-state index contributed by atoms with van der Waals surface area (Å²) in [5.41, 5.74) is 0.499. The van der Waals surface area contributed by atoms with Crippen LogP contribution in [-0.4, -0.2) is 48.6 Å². The van der Waals surface area contributed by atoms with Crippen molar-refractivity contribution in [2.75, 3.05) is 32.1 Å². The zero-order chi connectivity index (χ0) is 15.2. The second-order valence-corrected chi connectivity index (χ2v) is 5.64. The van der Waals surface area contributed by atoms with Crippen LogP contribution >= 0.6 is 11.6 Å². The number of nitrogens with one attached hydrogen (secondary N) is 1. The minimum Gasteiger partial charge on any atom is -0.381 e. The second kappa shape index (κ2) is 7.61. The SMILES string of the molecule is CCCNc1cc(C(=O)N(C)C2CCOCC2)c(Cl)cn1. The summed E-state index contributed by atoms with van der Waals surface area (Å²) >= 11 is 6.15. The predicted molar refractivity (Wildman–Crippen MR) is 84.0 cm³/mol. The van der Waals surface area contributed by atoms with Crippen LogP contribution in [0.15, 0.2) is 12.3 Å². The Kier molecular flexibility index (Phi) is 5.82. The highest BCUT2D eigenvalue weighted by molar-refractivity contribution is 6.33. The Morgan fingerprint density at radius 1 is 1.52 bits per heavy atom. The van der Waals surface area contributed by atoms with Crippen molar-refractivity contribution in [1.82, 2.24) is 9.88 Å². The van der Waals surface area contributed by atoms with E-state index in [0.29, 0.717) is 29.6 Å². The van der Waals surface area contributed by atoms with Crippen molar-refractivity contribution in [3.05, 3.63) is 22.8 Å². The van der Waals surface area contributed by atoms with Crippen LogP contribution < -0.4 is 5.32 Å². The summed E-state index contributed by atoms with van der Waals surface area (Å²) in [5.74, 6) is 0.624. The molecule has 1 amide bonds. The highest BCUT2D eigenvalue weighted by atomic mass is 35.5. The highest BCUT2D eigenvalue weighted by Crippen LogP contribution is 2.22. The number of hydrogen-bond acceptors (Lipinski definition) is 4. The van der Waals surface area contributed by atoms with E-state index < -0.39 is 0 Å². The van der Waals surface area contributed by atoms with Gasteiger partial charge in [-0.1, -0.05) is 18.5 Å². The van der Waals surface area contributed by atoms with Crippen molar-refractivity contribution in [3.8, 4) is 0 Å². The molecule has 0 saturated carbocycles. The lowest BCUT2D eigenvalue weighted by Crippen LogP contribution is -2.40. The number of halogens is 1. The van der Waals surface area contributed by atoms with Crippen molar-refractivity contribution in [3.63, 3.8) is 0 Å². The molecule has 0 spiro atoms.